The first kappa shape index (κ1) is 13.7. The van der Waals surface area contributed by atoms with Crippen molar-refractivity contribution in [2.45, 2.75) is 18.9 Å². The van der Waals surface area contributed by atoms with E-state index in [1.54, 1.807) is 30.3 Å². The van der Waals surface area contributed by atoms with E-state index in [9.17, 15) is 14.4 Å². The number of fused-ring (bicyclic) bond motifs is 5. The molecular formula is C18H14N2O3. The molecule has 0 saturated heterocycles. The molecule has 2 aromatic rings. The van der Waals surface area contributed by atoms with Gasteiger partial charge in [-0.25, -0.2) is 4.90 Å². The lowest BCUT2D eigenvalue weighted by Crippen LogP contribution is -2.52. The fraction of sp³-hybridized carbons (Fsp3) is 0.167. The van der Waals surface area contributed by atoms with Crippen LogP contribution in [0.3, 0.4) is 0 Å². The number of nitrogens with zero attached hydrogens (tertiary/aromatic N) is 1. The van der Waals surface area contributed by atoms with E-state index < -0.39 is 11.9 Å². The SMILES string of the molecule is O=C1NC2CCc3ccccc3N(C(=O)c3ccccc31)C2=O. The van der Waals surface area contributed by atoms with E-state index in [0.29, 0.717) is 24.1 Å². The molecular weight excluding hydrogens is 292 g/mol. The third-order valence-electron chi connectivity index (χ3n) is 4.36. The number of imide groups is 1. The van der Waals surface area contributed by atoms with Gasteiger partial charge in [-0.15, -0.1) is 0 Å². The molecule has 2 bridgehead atoms. The van der Waals surface area contributed by atoms with Crippen LogP contribution in [0.4, 0.5) is 5.69 Å². The lowest BCUT2D eigenvalue weighted by atomic mass is 10.0. The van der Waals surface area contributed by atoms with Gasteiger partial charge in [0.15, 0.2) is 0 Å². The molecule has 114 valence electrons. The molecule has 4 rings (SSSR count). The fourth-order valence-electron chi connectivity index (χ4n) is 3.21. The van der Waals surface area contributed by atoms with Gasteiger partial charge in [0.1, 0.15) is 6.04 Å². The molecule has 5 heteroatoms. The van der Waals surface area contributed by atoms with Crippen molar-refractivity contribution in [1.82, 2.24) is 5.32 Å². The van der Waals surface area contributed by atoms with Crippen molar-refractivity contribution >= 4 is 23.4 Å². The first-order valence-corrected chi connectivity index (χ1v) is 7.53. The van der Waals surface area contributed by atoms with Crippen molar-refractivity contribution in [3.05, 3.63) is 65.2 Å². The Labute approximate surface area is 132 Å². The Morgan fingerprint density at radius 3 is 2.43 bits per heavy atom. The average Bonchev–Trinajstić information content (AvgIpc) is 2.72. The Morgan fingerprint density at radius 1 is 0.913 bits per heavy atom. The smallest absolute Gasteiger partial charge is 0.265 e. The lowest BCUT2D eigenvalue weighted by molar-refractivity contribution is -0.119. The summed E-state index contributed by atoms with van der Waals surface area (Å²) in [6.07, 6.45) is 1.11. The van der Waals surface area contributed by atoms with Crippen LogP contribution in [0.2, 0.25) is 0 Å². The molecule has 1 unspecified atom stereocenters. The minimum absolute atomic E-state index is 0.244. The first-order valence-electron chi connectivity index (χ1n) is 7.53. The Balaban J connectivity index is 1.96. The minimum Gasteiger partial charge on any atom is -0.340 e. The van der Waals surface area contributed by atoms with Crippen LogP contribution in [0.15, 0.2) is 48.5 Å². The molecule has 1 N–H and O–H groups in total. The molecule has 0 spiro atoms. The molecule has 0 saturated carbocycles. The molecule has 2 aliphatic rings. The number of carbonyl (C=O) groups excluding carboxylic acids is 3. The quantitative estimate of drug-likeness (QED) is 0.756. The molecule has 23 heavy (non-hydrogen) atoms. The Hall–Kier alpha value is -2.95. The zero-order valence-corrected chi connectivity index (χ0v) is 12.3. The van der Waals surface area contributed by atoms with Crippen LogP contribution < -0.4 is 10.2 Å². The van der Waals surface area contributed by atoms with Crippen LogP contribution in [0.5, 0.6) is 0 Å². The highest BCUT2D eigenvalue weighted by Gasteiger charge is 2.38. The first-order chi connectivity index (χ1) is 11.2. The molecule has 0 aliphatic carbocycles. The highest BCUT2D eigenvalue weighted by Crippen LogP contribution is 2.30. The van der Waals surface area contributed by atoms with Crippen molar-refractivity contribution in [1.29, 1.82) is 0 Å². The van der Waals surface area contributed by atoms with E-state index in [-0.39, 0.29) is 17.4 Å². The van der Waals surface area contributed by atoms with E-state index in [2.05, 4.69) is 5.32 Å². The van der Waals surface area contributed by atoms with E-state index in [1.165, 1.54) is 4.90 Å². The molecule has 2 aromatic carbocycles. The number of rotatable bonds is 0. The summed E-state index contributed by atoms with van der Waals surface area (Å²) in [7, 11) is 0. The summed E-state index contributed by atoms with van der Waals surface area (Å²) in [6.45, 7) is 0. The molecule has 0 radical (unpaired) electrons. The Morgan fingerprint density at radius 2 is 1.61 bits per heavy atom. The van der Waals surface area contributed by atoms with Crippen LogP contribution in [0.25, 0.3) is 0 Å². The third kappa shape index (κ3) is 2.04. The summed E-state index contributed by atoms with van der Waals surface area (Å²) in [5, 5.41) is 2.77. The van der Waals surface area contributed by atoms with Gasteiger partial charge in [-0.2, -0.15) is 0 Å². The Kier molecular flexibility index (Phi) is 3.01. The number of aryl methyl sites for hydroxylation is 1. The van der Waals surface area contributed by atoms with E-state index in [1.807, 2.05) is 18.2 Å². The number of hydrogen-bond donors (Lipinski definition) is 1. The molecule has 0 fully saturated rings. The molecule has 2 aliphatic heterocycles. The maximum absolute atomic E-state index is 13.0. The number of benzene rings is 2. The summed E-state index contributed by atoms with van der Waals surface area (Å²) in [6, 6.07) is 13.3. The van der Waals surface area contributed by atoms with E-state index in [4.69, 9.17) is 0 Å². The van der Waals surface area contributed by atoms with Crippen LogP contribution in [0.1, 0.15) is 32.7 Å². The van der Waals surface area contributed by atoms with Crippen LogP contribution >= 0.6 is 0 Å². The molecule has 2 heterocycles. The average molecular weight is 306 g/mol. The summed E-state index contributed by atoms with van der Waals surface area (Å²) in [5.74, 6) is -1.19. The van der Waals surface area contributed by atoms with Crippen molar-refractivity contribution in [3.63, 3.8) is 0 Å². The van der Waals surface area contributed by atoms with E-state index in [0.717, 1.165) is 5.56 Å². The highest BCUT2D eigenvalue weighted by atomic mass is 16.2. The number of amides is 3. The second kappa shape index (κ2) is 5.05. The summed E-state index contributed by atoms with van der Waals surface area (Å²) in [4.78, 5) is 39.4. The van der Waals surface area contributed by atoms with Gasteiger partial charge in [0, 0.05) is 0 Å². The lowest BCUT2D eigenvalue weighted by Gasteiger charge is -2.28. The van der Waals surface area contributed by atoms with Crippen molar-refractivity contribution in [2.24, 2.45) is 0 Å². The molecule has 3 amide bonds. The minimum atomic E-state index is -0.688. The van der Waals surface area contributed by atoms with Gasteiger partial charge < -0.3 is 5.32 Å². The van der Waals surface area contributed by atoms with Gasteiger partial charge in [0.2, 0.25) is 0 Å². The van der Waals surface area contributed by atoms with E-state index >= 15 is 0 Å². The summed E-state index contributed by atoms with van der Waals surface area (Å²) < 4.78 is 0. The number of anilines is 1. The molecule has 0 aromatic heterocycles. The summed E-state index contributed by atoms with van der Waals surface area (Å²) >= 11 is 0. The Bertz CT molecular complexity index is 844. The van der Waals surface area contributed by atoms with Crippen LogP contribution in [-0.4, -0.2) is 23.8 Å². The zero-order chi connectivity index (χ0) is 16.0. The molecule has 1 atom stereocenters. The van der Waals surface area contributed by atoms with Gasteiger partial charge >= 0.3 is 0 Å². The second-order valence-electron chi connectivity index (χ2n) is 5.72. The van der Waals surface area contributed by atoms with Gasteiger partial charge in [-0.05, 0) is 36.6 Å². The third-order valence-corrected chi connectivity index (χ3v) is 4.36. The van der Waals surface area contributed by atoms with Gasteiger partial charge in [-0.1, -0.05) is 30.3 Å². The number of para-hydroxylation sites is 1. The van der Waals surface area contributed by atoms with Crippen LogP contribution in [-0.2, 0) is 11.2 Å². The largest absolute Gasteiger partial charge is 0.340 e. The van der Waals surface area contributed by atoms with Gasteiger partial charge in [-0.3, -0.25) is 14.4 Å². The van der Waals surface area contributed by atoms with Crippen molar-refractivity contribution < 1.29 is 14.4 Å². The number of hydrogen-bond acceptors (Lipinski definition) is 3. The maximum atomic E-state index is 13.0. The number of nitrogens with one attached hydrogen (secondary N) is 1. The van der Waals surface area contributed by atoms with Gasteiger partial charge in [0.05, 0.1) is 16.8 Å². The normalized spacial score (nSPS) is 19.9. The maximum Gasteiger partial charge on any atom is 0.265 e. The summed E-state index contributed by atoms with van der Waals surface area (Å²) in [5.41, 5.74) is 2.09. The van der Waals surface area contributed by atoms with Crippen LogP contribution in [0, 0.1) is 0 Å². The predicted molar refractivity (Wildman–Crippen MR) is 84.3 cm³/mol. The predicted octanol–water partition coefficient (Wildman–Crippen LogP) is 1.92. The van der Waals surface area contributed by atoms with Crippen molar-refractivity contribution in [3.8, 4) is 0 Å². The van der Waals surface area contributed by atoms with Gasteiger partial charge in [0.25, 0.3) is 17.7 Å². The zero-order valence-electron chi connectivity index (χ0n) is 12.3. The number of carbonyl (C=O) groups is 3. The van der Waals surface area contributed by atoms with Crippen molar-refractivity contribution in [2.75, 3.05) is 4.90 Å². The molecule has 5 nitrogen and oxygen atoms in total. The second-order valence-corrected chi connectivity index (χ2v) is 5.72. The monoisotopic (exact) mass is 306 g/mol. The highest BCUT2D eigenvalue weighted by molar-refractivity contribution is 6.27. The topological polar surface area (TPSA) is 66.5 Å². The standard InChI is InChI=1S/C18H14N2O3/c21-16-12-6-2-3-7-13(12)17(22)20-15-8-4-1-5-11(15)9-10-14(19-16)18(20)23/h1-8,14H,9-10H2,(H,19,21). The fourth-order valence-corrected chi connectivity index (χ4v) is 3.21.